The lowest BCUT2D eigenvalue weighted by Crippen LogP contribution is -2.55. The average molecular weight is 313 g/mol. The quantitative estimate of drug-likeness (QED) is 0.875. The van der Waals surface area contributed by atoms with Crippen LogP contribution in [0.15, 0.2) is 0 Å². The van der Waals surface area contributed by atoms with Gasteiger partial charge < -0.3 is 5.32 Å². The van der Waals surface area contributed by atoms with Gasteiger partial charge >= 0.3 is 0 Å². The monoisotopic (exact) mass is 312 g/mol. The predicted octanol–water partition coefficient (Wildman–Crippen LogP) is 3.22. The lowest BCUT2D eigenvalue weighted by atomic mass is 10.0. The Morgan fingerprint density at radius 3 is 2.71 bits per heavy atom. The molecule has 0 amide bonds. The smallest absolute Gasteiger partial charge is 0.0860 e. The molecule has 1 aliphatic heterocycles. The number of nitrogens with one attached hydrogen (secondary N) is 1. The van der Waals surface area contributed by atoms with Crippen molar-refractivity contribution in [1.29, 1.82) is 0 Å². The Bertz CT molecular complexity index is 457. The van der Waals surface area contributed by atoms with Crippen molar-refractivity contribution in [3.63, 3.8) is 0 Å². The second-order valence-electron chi connectivity index (χ2n) is 6.05. The van der Waals surface area contributed by atoms with E-state index in [-0.39, 0.29) is 0 Å². The first-order chi connectivity index (χ1) is 10.1. The van der Waals surface area contributed by atoms with Crippen LogP contribution in [0.25, 0.3) is 0 Å². The Balaban J connectivity index is 2.14. The summed E-state index contributed by atoms with van der Waals surface area (Å²) in [5.74, 6) is 0. The highest BCUT2D eigenvalue weighted by Gasteiger charge is 2.28. The summed E-state index contributed by atoms with van der Waals surface area (Å²) in [7, 11) is 0. The van der Waals surface area contributed by atoms with Crippen molar-refractivity contribution in [3.8, 4) is 0 Å². The highest BCUT2D eigenvalue weighted by Crippen LogP contribution is 2.24. The van der Waals surface area contributed by atoms with Crippen molar-refractivity contribution in [2.24, 2.45) is 0 Å². The molecule has 0 bridgehead atoms. The Morgan fingerprint density at radius 1 is 1.33 bits per heavy atom. The third kappa shape index (κ3) is 3.79. The Labute approximate surface area is 133 Å². The Hall–Kier alpha value is -0.580. The fourth-order valence-electron chi connectivity index (χ4n) is 3.28. The number of hydrogen-bond acceptors (Lipinski definition) is 3. The van der Waals surface area contributed by atoms with E-state index in [9.17, 15) is 0 Å². The molecule has 2 rings (SSSR count). The molecule has 4 nitrogen and oxygen atoms in total. The molecule has 1 fully saturated rings. The summed E-state index contributed by atoms with van der Waals surface area (Å²) in [5, 5.41) is 9.08. The van der Waals surface area contributed by atoms with Gasteiger partial charge in [-0.1, -0.05) is 31.9 Å². The number of aromatic nitrogens is 2. The highest BCUT2D eigenvalue weighted by molar-refractivity contribution is 6.31. The zero-order valence-electron chi connectivity index (χ0n) is 13.8. The van der Waals surface area contributed by atoms with Crippen LogP contribution >= 0.6 is 11.6 Å². The third-order valence-electron chi connectivity index (χ3n) is 4.53. The van der Waals surface area contributed by atoms with Gasteiger partial charge in [-0.3, -0.25) is 9.58 Å². The molecule has 0 aliphatic carbocycles. The van der Waals surface area contributed by atoms with Gasteiger partial charge in [-0.15, -0.1) is 0 Å². The summed E-state index contributed by atoms with van der Waals surface area (Å²) in [6.45, 7) is 12.6. The van der Waals surface area contributed by atoms with Crippen LogP contribution in [-0.4, -0.2) is 39.9 Å². The van der Waals surface area contributed by atoms with Crippen LogP contribution in [0, 0.1) is 6.92 Å². The van der Waals surface area contributed by atoms with Gasteiger partial charge in [0.05, 0.1) is 16.4 Å². The first-order valence-corrected chi connectivity index (χ1v) is 8.67. The van der Waals surface area contributed by atoms with Crippen molar-refractivity contribution < 1.29 is 0 Å². The predicted molar refractivity (Wildman–Crippen MR) is 88.8 cm³/mol. The molecule has 1 aromatic rings. The van der Waals surface area contributed by atoms with Crippen LogP contribution in [0.1, 0.15) is 51.4 Å². The fourth-order valence-corrected chi connectivity index (χ4v) is 3.47. The van der Waals surface area contributed by atoms with E-state index < -0.39 is 0 Å². The SMILES string of the molecule is CCCC1CN(Cc2c(Cl)c(C)nn2CC)C(CC)CN1. The first kappa shape index (κ1) is 16.8. The Kier molecular flexibility index (Phi) is 6.08. The minimum atomic E-state index is 0.592. The molecule has 2 heterocycles. The van der Waals surface area contributed by atoms with E-state index in [2.05, 4.69) is 40.8 Å². The van der Waals surface area contributed by atoms with Crippen LogP contribution in [0.3, 0.4) is 0 Å². The van der Waals surface area contributed by atoms with Crippen LogP contribution in [0.5, 0.6) is 0 Å². The standard InChI is InChI=1S/C16H29ClN4/c1-5-8-13-10-20(14(6-2)9-18-13)11-15-16(17)12(4)19-21(15)7-3/h13-14,18H,5-11H2,1-4H3. The van der Waals surface area contributed by atoms with Crippen molar-refractivity contribution >= 4 is 11.6 Å². The van der Waals surface area contributed by atoms with Gasteiger partial charge in [0.25, 0.3) is 0 Å². The lowest BCUT2D eigenvalue weighted by Gasteiger charge is -2.40. The normalized spacial score (nSPS) is 23.7. The number of hydrogen-bond donors (Lipinski definition) is 1. The molecule has 1 saturated heterocycles. The van der Waals surface area contributed by atoms with Gasteiger partial charge in [-0.25, -0.2) is 0 Å². The molecular weight excluding hydrogens is 284 g/mol. The van der Waals surface area contributed by atoms with Gasteiger partial charge in [0.2, 0.25) is 0 Å². The first-order valence-electron chi connectivity index (χ1n) is 8.29. The van der Waals surface area contributed by atoms with Crippen LogP contribution in [0.4, 0.5) is 0 Å². The van der Waals surface area contributed by atoms with Gasteiger partial charge in [0.1, 0.15) is 0 Å². The molecule has 2 unspecified atom stereocenters. The molecule has 1 aromatic heterocycles. The maximum Gasteiger partial charge on any atom is 0.0860 e. The van der Waals surface area contributed by atoms with Gasteiger partial charge in [-0.2, -0.15) is 5.10 Å². The molecule has 0 saturated carbocycles. The lowest BCUT2D eigenvalue weighted by molar-refractivity contribution is 0.112. The number of aryl methyl sites for hydroxylation is 2. The largest absolute Gasteiger partial charge is 0.311 e. The van der Waals surface area contributed by atoms with E-state index >= 15 is 0 Å². The number of halogens is 1. The summed E-state index contributed by atoms with van der Waals surface area (Å²) in [6.07, 6.45) is 3.64. The molecule has 0 aromatic carbocycles. The second kappa shape index (κ2) is 7.61. The van der Waals surface area contributed by atoms with Crippen LogP contribution in [-0.2, 0) is 13.1 Å². The number of rotatable bonds is 6. The molecule has 1 N–H and O–H groups in total. The molecule has 2 atom stereocenters. The maximum absolute atomic E-state index is 6.47. The van der Waals surface area contributed by atoms with Crippen molar-refractivity contribution in [2.45, 2.75) is 72.1 Å². The molecule has 1 aliphatic rings. The topological polar surface area (TPSA) is 33.1 Å². The second-order valence-corrected chi connectivity index (χ2v) is 6.43. The third-order valence-corrected chi connectivity index (χ3v) is 5.02. The minimum absolute atomic E-state index is 0.592. The van der Waals surface area contributed by atoms with E-state index in [4.69, 9.17) is 11.6 Å². The van der Waals surface area contributed by atoms with Gasteiger partial charge in [-0.05, 0) is 26.7 Å². The molecule has 21 heavy (non-hydrogen) atoms. The van der Waals surface area contributed by atoms with Gasteiger partial charge in [0, 0.05) is 38.3 Å². The Morgan fingerprint density at radius 2 is 2.10 bits per heavy atom. The van der Waals surface area contributed by atoms with E-state index in [0.717, 1.165) is 36.9 Å². The minimum Gasteiger partial charge on any atom is -0.311 e. The summed E-state index contributed by atoms with van der Waals surface area (Å²) >= 11 is 6.47. The summed E-state index contributed by atoms with van der Waals surface area (Å²) < 4.78 is 2.06. The zero-order valence-corrected chi connectivity index (χ0v) is 14.6. The van der Waals surface area contributed by atoms with E-state index in [1.54, 1.807) is 0 Å². The fraction of sp³-hybridized carbons (Fsp3) is 0.812. The van der Waals surface area contributed by atoms with Crippen molar-refractivity contribution in [3.05, 3.63) is 16.4 Å². The zero-order chi connectivity index (χ0) is 15.4. The van der Waals surface area contributed by atoms with E-state index in [1.165, 1.54) is 25.0 Å². The molecule has 0 radical (unpaired) electrons. The molecule has 0 spiro atoms. The molecule has 5 heteroatoms. The number of piperazine rings is 1. The van der Waals surface area contributed by atoms with Crippen molar-refractivity contribution in [2.75, 3.05) is 13.1 Å². The summed E-state index contributed by atoms with van der Waals surface area (Å²) in [5.41, 5.74) is 2.12. The summed E-state index contributed by atoms with van der Waals surface area (Å²) in [4.78, 5) is 2.59. The summed E-state index contributed by atoms with van der Waals surface area (Å²) in [6, 6.07) is 1.20. The highest BCUT2D eigenvalue weighted by atomic mass is 35.5. The van der Waals surface area contributed by atoms with Crippen LogP contribution < -0.4 is 5.32 Å². The van der Waals surface area contributed by atoms with Crippen molar-refractivity contribution in [1.82, 2.24) is 20.0 Å². The number of nitrogens with zero attached hydrogens (tertiary/aromatic N) is 3. The average Bonchev–Trinajstić information content (AvgIpc) is 2.76. The van der Waals surface area contributed by atoms with Gasteiger partial charge in [0.15, 0.2) is 0 Å². The molecule has 120 valence electrons. The molecular formula is C16H29ClN4. The van der Waals surface area contributed by atoms with Crippen LogP contribution in [0.2, 0.25) is 5.02 Å². The maximum atomic E-state index is 6.47. The van der Waals surface area contributed by atoms with E-state index in [1.807, 2.05) is 6.92 Å². The van der Waals surface area contributed by atoms with E-state index in [0.29, 0.717) is 12.1 Å².